The smallest absolute Gasteiger partial charge is 0.300 e. The minimum atomic E-state index is -0.894. The van der Waals surface area contributed by atoms with Crippen molar-refractivity contribution in [3.63, 3.8) is 0 Å². The number of aliphatic hydroxyl groups is 1. The van der Waals surface area contributed by atoms with Gasteiger partial charge in [-0.1, -0.05) is 11.6 Å². The summed E-state index contributed by atoms with van der Waals surface area (Å²) in [6.07, 6.45) is 3.11. The Bertz CT molecular complexity index is 1310. The third kappa shape index (κ3) is 3.44. The second-order valence-corrected chi connectivity index (χ2v) is 7.74. The van der Waals surface area contributed by atoms with E-state index in [0.29, 0.717) is 28.5 Å². The van der Waals surface area contributed by atoms with E-state index in [0.717, 1.165) is 0 Å². The number of benzene rings is 2. The Morgan fingerprint density at radius 1 is 1.09 bits per heavy atom. The maximum atomic E-state index is 13.2. The van der Waals surface area contributed by atoms with Crippen LogP contribution < -0.4 is 19.1 Å². The number of halogens is 1. The summed E-state index contributed by atoms with van der Waals surface area (Å²) in [5.74, 6) is -0.521. The number of hydrogen-bond acceptors (Lipinski definition) is 7. The first kappa shape index (κ1) is 20.8. The Morgan fingerprint density at radius 2 is 1.85 bits per heavy atom. The van der Waals surface area contributed by atoms with Crippen LogP contribution in [0.3, 0.4) is 0 Å². The number of fused-ring (bicyclic) bond motifs is 1. The Morgan fingerprint density at radius 3 is 2.58 bits per heavy atom. The third-order valence-corrected chi connectivity index (χ3v) is 5.82. The van der Waals surface area contributed by atoms with Gasteiger partial charge in [-0.25, -0.2) is 0 Å². The number of amides is 1. The first-order chi connectivity index (χ1) is 16.0. The fourth-order valence-corrected chi connectivity index (χ4v) is 4.22. The maximum absolute atomic E-state index is 13.2. The standard InChI is InChI=1S/C24H17ClN2O6/c1-31-17-4-2-14(10-16(17)25)22(28)20-21(13-6-8-26-9-7-13)27(24(30)23(20)29)15-3-5-18-19(11-15)33-12-32-18/h2-11,21,28H,12H2,1H3/b22-20+. The summed E-state index contributed by atoms with van der Waals surface area (Å²) in [6.45, 7) is 0.0730. The van der Waals surface area contributed by atoms with Crippen molar-refractivity contribution in [2.24, 2.45) is 0 Å². The molecule has 9 heteroatoms. The first-order valence-electron chi connectivity index (χ1n) is 9.94. The largest absolute Gasteiger partial charge is 0.507 e. The Balaban J connectivity index is 1.69. The van der Waals surface area contributed by atoms with Gasteiger partial charge in [-0.2, -0.15) is 0 Å². The van der Waals surface area contributed by atoms with Crippen molar-refractivity contribution in [2.75, 3.05) is 18.8 Å². The van der Waals surface area contributed by atoms with E-state index in [9.17, 15) is 14.7 Å². The molecule has 2 aromatic carbocycles. The monoisotopic (exact) mass is 464 g/mol. The van der Waals surface area contributed by atoms with Crippen molar-refractivity contribution < 1.29 is 28.9 Å². The van der Waals surface area contributed by atoms with Gasteiger partial charge in [0.1, 0.15) is 11.5 Å². The molecule has 0 spiro atoms. The van der Waals surface area contributed by atoms with Crippen LogP contribution in [0, 0.1) is 0 Å². The van der Waals surface area contributed by atoms with Crippen molar-refractivity contribution in [3.8, 4) is 17.2 Å². The molecule has 166 valence electrons. The van der Waals surface area contributed by atoms with E-state index in [1.807, 2.05) is 0 Å². The van der Waals surface area contributed by atoms with E-state index in [1.165, 1.54) is 18.1 Å². The fraction of sp³-hybridized carbons (Fsp3) is 0.125. The lowest BCUT2D eigenvalue weighted by Crippen LogP contribution is -2.29. The lowest BCUT2D eigenvalue weighted by molar-refractivity contribution is -0.132. The number of pyridine rings is 1. The van der Waals surface area contributed by atoms with E-state index in [1.54, 1.807) is 54.9 Å². The van der Waals surface area contributed by atoms with Crippen molar-refractivity contribution in [3.05, 3.63) is 82.6 Å². The number of anilines is 1. The number of Topliss-reactive ketones (excluding diaryl/α,β-unsaturated/α-hetero) is 1. The predicted octanol–water partition coefficient (Wildman–Crippen LogP) is 4.10. The number of carbonyl (C=O) groups is 2. The van der Waals surface area contributed by atoms with E-state index in [-0.39, 0.29) is 28.7 Å². The molecule has 8 nitrogen and oxygen atoms in total. The summed E-state index contributed by atoms with van der Waals surface area (Å²) in [6, 6.07) is 12.1. The van der Waals surface area contributed by atoms with Crippen LogP contribution in [0.1, 0.15) is 17.2 Å². The molecule has 0 aliphatic carbocycles. The predicted molar refractivity (Wildman–Crippen MR) is 120 cm³/mol. The quantitative estimate of drug-likeness (QED) is 0.352. The van der Waals surface area contributed by atoms with Gasteiger partial charge in [-0.15, -0.1) is 0 Å². The molecule has 0 saturated carbocycles. The molecular formula is C24H17ClN2O6. The summed E-state index contributed by atoms with van der Waals surface area (Å²) >= 11 is 6.22. The highest BCUT2D eigenvalue weighted by molar-refractivity contribution is 6.51. The van der Waals surface area contributed by atoms with E-state index in [4.69, 9.17) is 25.8 Å². The molecular weight excluding hydrogens is 448 g/mol. The number of ether oxygens (including phenoxy) is 3. The summed E-state index contributed by atoms with van der Waals surface area (Å²) in [5, 5.41) is 11.4. The van der Waals surface area contributed by atoms with Gasteiger partial charge in [-0.05, 0) is 48.0 Å². The van der Waals surface area contributed by atoms with Crippen molar-refractivity contribution in [1.29, 1.82) is 0 Å². The second kappa shape index (κ2) is 8.14. The highest BCUT2D eigenvalue weighted by atomic mass is 35.5. The Labute approximate surface area is 193 Å². The van der Waals surface area contributed by atoms with Crippen LogP contribution in [0.15, 0.2) is 66.5 Å². The fourth-order valence-electron chi connectivity index (χ4n) is 3.96. The first-order valence-corrected chi connectivity index (χ1v) is 10.3. The molecule has 0 bridgehead atoms. The average molecular weight is 465 g/mol. The number of hydrogen-bond donors (Lipinski definition) is 1. The van der Waals surface area contributed by atoms with E-state index in [2.05, 4.69) is 4.98 Å². The van der Waals surface area contributed by atoms with Gasteiger partial charge in [0.05, 0.1) is 23.7 Å². The van der Waals surface area contributed by atoms with E-state index < -0.39 is 17.7 Å². The molecule has 1 amide bonds. The molecule has 33 heavy (non-hydrogen) atoms. The minimum Gasteiger partial charge on any atom is -0.507 e. The number of nitrogens with zero attached hydrogens (tertiary/aromatic N) is 2. The van der Waals surface area contributed by atoms with Gasteiger partial charge in [0.15, 0.2) is 11.5 Å². The molecule has 0 radical (unpaired) electrons. The van der Waals surface area contributed by atoms with Crippen molar-refractivity contribution >= 4 is 34.7 Å². The van der Waals surface area contributed by atoms with Crippen LogP contribution in [0.2, 0.25) is 5.02 Å². The molecule has 1 fully saturated rings. The Kier molecular flexibility index (Phi) is 5.14. The number of methoxy groups -OCH3 is 1. The summed E-state index contributed by atoms with van der Waals surface area (Å²) in [5.41, 5.74) is 1.24. The number of rotatable bonds is 4. The molecule has 3 aromatic rings. The molecule has 1 saturated heterocycles. The molecule has 1 atom stereocenters. The molecule has 2 aliphatic rings. The molecule has 1 unspecified atom stereocenters. The average Bonchev–Trinajstić information content (AvgIpc) is 3.41. The van der Waals surface area contributed by atoms with Crippen LogP contribution in [-0.2, 0) is 9.59 Å². The van der Waals surface area contributed by atoms with Crippen molar-refractivity contribution in [2.45, 2.75) is 6.04 Å². The lowest BCUT2D eigenvalue weighted by atomic mass is 9.95. The van der Waals surface area contributed by atoms with Gasteiger partial charge < -0.3 is 19.3 Å². The number of carbonyl (C=O) groups excluding carboxylic acids is 2. The van der Waals surface area contributed by atoms with Crippen LogP contribution in [0.25, 0.3) is 5.76 Å². The van der Waals surface area contributed by atoms with Gasteiger partial charge in [-0.3, -0.25) is 19.5 Å². The zero-order valence-electron chi connectivity index (χ0n) is 17.3. The van der Waals surface area contributed by atoms with Gasteiger partial charge in [0.2, 0.25) is 6.79 Å². The summed E-state index contributed by atoms with van der Waals surface area (Å²) < 4.78 is 15.9. The van der Waals surface area contributed by atoms with Crippen LogP contribution >= 0.6 is 11.6 Å². The molecule has 1 aromatic heterocycles. The third-order valence-electron chi connectivity index (χ3n) is 5.53. The molecule has 1 N–H and O–H groups in total. The van der Waals surface area contributed by atoms with E-state index >= 15 is 0 Å². The van der Waals surface area contributed by atoms with Crippen LogP contribution in [0.4, 0.5) is 5.69 Å². The molecule has 2 aliphatic heterocycles. The zero-order valence-corrected chi connectivity index (χ0v) is 18.1. The molecule has 3 heterocycles. The zero-order chi connectivity index (χ0) is 23.1. The normalized spacial score (nSPS) is 18.6. The molecule has 5 rings (SSSR count). The summed E-state index contributed by atoms with van der Waals surface area (Å²) in [4.78, 5) is 31.7. The topological polar surface area (TPSA) is 98.2 Å². The van der Waals surface area contributed by atoms with Crippen LogP contribution in [0.5, 0.6) is 17.2 Å². The number of aromatic nitrogens is 1. The highest BCUT2D eigenvalue weighted by Crippen LogP contribution is 2.45. The number of aliphatic hydroxyl groups excluding tert-OH is 1. The summed E-state index contributed by atoms with van der Waals surface area (Å²) in [7, 11) is 1.47. The highest BCUT2D eigenvalue weighted by Gasteiger charge is 2.47. The van der Waals surface area contributed by atoms with Gasteiger partial charge >= 0.3 is 0 Å². The van der Waals surface area contributed by atoms with Gasteiger partial charge in [0, 0.05) is 29.7 Å². The second-order valence-electron chi connectivity index (χ2n) is 7.34. The Hall–Kier alpha value is -4.04. The number of ketones is 1. The minimum absolute atomic E-state index is 0.0647. The van der Waals surface area contributed by atoms with Crippen molar-refractivity contribution in [1.82, 2.24) is 4.98 Å². The SMILES string of the molecule is COc1ccc(/C(O)=C2\C(=O)C(=O)N(c3ccc4c(c3)OCO4)C2c2ccncc2)cc1Cl. The van der Waals surface area contributed by atoms with Gasteiger partial charge in [0.25, 0.3) is 11.7 Å². The van der Waals surface area contributed by atoms with Crippen LogP contribution in [-0.4, -0.2) is 35.7 Å². The lowest BCUT2D eigenvalue weighted by Gasteiger charge is -2.25. The maximum Gasteiger partial charge on any atom is 0.300 e.